The van der Waals surface area contributed by atoms with Gasteiger partial charge in [0.05, 0.1) is 42.4 Å². The van der Waals surface area contributed by atoms with Gasteiger partial charge in [-0.3, -0.25) is 4.90 Å². The lowest BCUT2D eigenvalue weighted by atomic mass is 9.46. The fraction of sp³-hybridized carbons (Fsp3) is 0.852. The average Bonchev–Trinajstić information content (AvgIpc) is 3.13. The van der Waals surface area contributed by atoms with E-state index in [-0.39, 0.29) is 23.2 Å². The van der Waals surface area contributed by atoms with Crippen molar-refractivity contribution in [2.24, 2.45) is 38.9 Å². The third kappa shape index (κ3) is 3.93. The molecule has 4 fully saturated rings. The van der Waals surface area contributed by atoms with E-state index in [1.165, 1.54) is 7.11 Å². The lowest BCUT2D eigenvalue weighted by Gasteiger charge is -2.60. The fourth-order valence-corrected chi connectivity index (χ4v) is 8.43. The Balaban J connectivity index is 1.51. The Morgan fingerprint density at radius 2 is 1.83 bits per heavy atom. The Morgan fingerprint density at radius 1 is 1.08 bits per heavy atom. The van der Waals surface area contributed by atoms with Crippen molar-refractivity contribution in [3.05, 3.63) is 11.6 Å². The van der Waals surface area contributed by atoms with Gasteiger partial charge in [0.15, 0.2) is 0 Å². The molecule has 0 aromatic heterocycles. The average molecular weight is 506 g/mol. The van der Waals surface area contributed by atoms with Crippen LogP contribution in [0, 0.1) is 28.6 Å². The highest BCUT2D eigenvalue weighted by molar-refractivity contribution is 5.99. The summed E-state index contributed by atoms with van der Waals surface area (Å²) >= 11 is 0. The minimum atomic E-state index is -1.01. The van der Waals surface area contributed by atoms with Crippen LogP contribution in [0.25, 0.3) is 0 Å². The van der Waals surface area contributed by atoms with Crippen LogP contribution >= 0.6 is 0 Å². The predicted octanol–water partition coefficient (Wildman–Crippen LogP) is 1.96. The molecule has 4 aliphatic carbocycles. The topological polar surface area (TPSA) is 116 Å². The van der Waals surface area contributed by atoms with E-state index >= 15 is 0 Å². The van der Waals surface area contributed by atoms with Crippen molar-refractivity contribution in [1.29, 1.82) is 0 Å². The summed E-state index contributed by atoms with van der Waals surface area (Å²) in [7, 11) is 3.13. The van der Waals surface area contributed by atoms with Gasteiger partial charge in [0.1, 0.15) is 14.2 Å². The molecule has 1 unspecified atom stereocenters. The molecule has 0 aromatic carbocycles. The van der Waals surface area contributed by atoms with Crippen LogP contribution < -0.4 is 0 Å². The molecule has 3 saturated carbocycles. The lowest BCUT2D eigenvalue weighted by Crippen LogP contribution is -2.61. The molecule has 0 aromatic rings. The number of morpholine rings is 1. The van der Waals surface area contributed by atoms with Crippen LogP contribution in [-0.2, 0) is 14.4 Å². The first-order valence-corrected chi connectivity index (χ1v) is 13.5. The molecule has 1 heterocycles. The van der Waals surface area contributed by atoms with E-state index in [0.29, 0.717) is 19.3 Å². The van der Waals surface area contributed by atoms with Gasteiger partial charge in [0.2, 0.25) is 0 Å². The highest BCUT2D eigenvalue weighted by Gasteiger charge is 2.67. The van der Waals surface area contributed by atoms with E-state index in [1.807, 2.05) is 0 Å². The minimum absolute atomic E-state index is 0.0262. The Kier molecular flexibility index (Phi) is 7.00. The molecule has 5 rings (SSSR count). The van der Waals surface area contributed by atoms with Gasteiger partial charge in [-0.25, -0.2) is 0 Å². The molecule has 0 spiro atoms. The highest BCUT2D eigenvalue weighted by atomic mass is 16.6. The highest BCUT2D eigenvalue weighted by Crippen LogP contribution is 2.67. The summed E-state index contributed by atoms with van der Waals surface area (Å²) in [6, 6.07) is 0. The molecule has 36 heavy (non-hydrogen) atoms. The summed E-state index contributed by atoms with van der Waals surface area (Å²) in [5.41, 5.74) is 1.06. The fourth-order valence-electron chi connectivity index (χ4n) is 8.43. The molecular weight excluding hydrogens is 462 g/mol. The van der Waals surface area contributed by atoms with Crippen LogP contribution in [-0.4, -0.2) is 96.5 Å². The summed E-state index contributed by atoms with van der Waals surface area (Å²) in [4.78, 5) is 12.9. The molecule has 8 atom stereocenters. The number of allylic oxidation sites excluding steroid dienone is 1. The van der Waals surface area contributed by atoms with Crippen molar-refractivity contribution in [3.8, 4) is 0 Å². The van der Waals surface area contributed by atoms with E-state index in [0.717, 1.165) is 69.1 Å². The Bertz CT molecular complexity index is 932. The normalized spacial score (nSPS) is 46.5. The molecule has 1 aliphatic heterocycles. The second kappa shape index (κ2) is 9.66. The summed E-state index contributed by atoms with van der Waals surface area (Å²) in [6.07, 6.45) is 4.68. The van der Waals surface area contributed by atoms with Crippen LogP contribution in [0.2, 0.25) is 0 Å². The second-order valence-corrected chi connectivity index (χ2v) is 12.0. The monoisotopic (exact) mass is 505 g/mol. The van der Waals surface area contributed by atoms with Crippen LogP contribution in [0.4, 0.5) is 0 Å². The maximum atomic E-state index is 12.6. The van der Waals surface area contributed by atoms with Crippen molar-refractivity contribution >= 4 is 11.4 Å². The molecule has 3 N–H and O–H groups in total. The maximum Gasteiger partial charge on any atom is 0.106 e. The van der Waals surface area contributed by atoms with Gasteiger partial charge in [-0.15, -0.1) is 0 Å². The first-order valence-electron chi connectivity index (χ1n) is 13.5. The van der Waals surface area contributed by atoms with Gasteiger partial charge >= 0.3 is 0 Å². The number of oxime groups is 2. The van der Waals surface area contributed by atoms with Crippen LogP contribution in [0.15, 0.2) is 22.0 Å². The van der Waals surface area contributed by atoms with Crippen molar-refractivity contribution in [1.82, 2.24) is 4.90 Å². The molecule has 0 bridgehead atoms. The minimum Gasteiger partial charge on any atom is -0.399 e. The number of aliphatic hydroxyl groups excluding tert-OH is 2. The molecule has 0 radical (unpaired) electrons. The SMILES string of the molecule is CON=C(CN1CCOCC1)[C@H]1CC[C@@]2(O)C3=CC(=NOC)[C@@H]4C[C@@H](O)[C@@H](O)C[C@]4(C)C3CC[C@]12C. The summed E-state index contributed by atoms with van der Waals surface area (Å²) in [6.45, 7) is 8.32. The number of nitrogens with zero attached hydrogens (tertiary/aromatic N) is 3. The number of rotatable bonds is 5. The van der Waals surface area contributed by atoms with Gasteiger partial charge in [-0.05, 0) is 61.5 Å². The number of fused-ring (bicyclic) bond motifs is 5. The molecular formula is C27H43N3O6. The molecule has 9 heteroatoms. The Morgan fingerprint density at radius 3 is 2.53 bits per heavy atom. The van der Waals surface area contributed by atoms with Gasteiger partial charge in [-0.1, -0.05) is 24.2 Å². The number of ether oxygens (including phenoxy) is 1. The third-order valence-electron chi connectivity index (χ3n) is 10.4. The standard InChI is InChI=1S/C27H43N3O6/c1-25-15-24(32)23(31)14-20(25)21(28-34-3)13-19-17(25)5-7-26(2)18(6-8-27(19,26)33)22(29-35-4)16-30-9-11-36-12-10-30/h13,17-18,20,23-24,31-33H,5-12,14-16H2,1-4H3/t17?,18-,20+,23-,24+,25-,26-,27-/m1/s1. The molecule has 202 valence electrons. The van der Waals surface area contributed by atoms with Crippen molar-refractivity contribution in [2.45, 2.75) is 70.2 Å². The zero-order valence-electron chi connectivity index (χ0n) is 22.2. The molecule has 0 amide bonds. The zero-order chi connectivity index (χ0) is 25.7. The number of hydrogen-bond acceptors (Lipinski definition) is 9. The first kappa shape index (κ1) is 26.1. The van der Waals surface area contributed by atoms with Crippen molar-refractivity contribution in [2.75, 3.05) is 47.1 Å². The predicted molar refractivity (Wildman–Crippen MR) is 136 cm³/mol. The molecule has 9 nitrogen and oxygen atoms in total. The molecule has 5 aliphatic rings. The van der Waals surface area contributed by atoms with E-state index < -0.39 is 23.2 Å². The number of hydrogen-bond donors (Lipinski definition) is 3. The smallest absolute Gasteiger partial charge is 0.106 e. The van der Waals surface area contributed by atoms with Gasteiger partial charge in [-0.2, -0.15) is 0 Å². The molecule has 1 saturated heterocycles. The Hall–Kier alpha value is -1.52. The van der Waals surface area contributed by atoms with Gasteiger partial charge in [0, 0.05) is 36.9 Å². The van der Waals surface area contributed by atoms with Gasteiger partial charge in [0.25, 0.3) is 0 Å². The zero-order valence-corrected chi connectivity index (χ0v) is 22.2. The van der Waals surface area contributed by atoms with E-state index in [2.05, 4.69) is 35.1 Å². The van der Waals surface area contributed by atoms with Crippen LogP contribution in [0.3, 0.4) is 0 Å². The van der Waals surface area contributed by atoms with Crippen molar-refractivity contribution < 1.29 is 29.7 Å². The number of aliphatic hydroxyl groups is 3. The second-order valence-electron chi connectivity index (χ2n) is 12.0. The third-order valence-corrected chi connectivity index (χ3v) is 10.4. The summed E-state index contributed by atoms with van der Waals surface area (Å²) < 4.78 is 5.53. The van der Waals surface area contributed by atoms with Crippen LogP contribution in [0.5, 0.6) is 0 Å². The maximum absolute atomic E-state index is 12.6. The van der Waals surface area contributed by atoms with Crippen LogP contribution in [0.1, 0.15) is 52.4 Å². The lowest BCUT2D eigenvalue weighted by molar-refractivity contribution is -0.116. The first-order chi connectivity index (χ1) is 17.2. The summed E-state index contributed by atoms with van der Waals surface area (Å²) in [5.74, 6) is 0.181. The summed E-state index contributed by atoms with van der Waals surface area (Å²) in [5, 5.41) is 42.6. The van der Waals surface area contributed by atoms with E-state index in [9.17, 15) is 15.3 Å². The van der Waals surface area contributed by atoms with E-state index in [1.54, 1.807) is 7.11 Å². The van der Waals surface area contributed by atoms with Crippen molar-refractivity contribution in [3.63, 3.8) is 0 Å². The van der Waals surface area contributed by atoms with Gasteiger partial charge < -0.3 is 29.7 Å². The van der Waals surface area contributed by atoms with E-state index in [4.69, 9.17) is 14.4 Å². The largest absolute Gasteiger partial charge is 0.399 e. The quantitative estimate of drug-likeness (QED) is 0.386. The Labute approximate surface area is 214 Å².